The molecule has 4 rings (SSSR count). The lowest BCUT2D eigenvalue weighted by Crippen LogP contribution is -2.57. The lowest BCUT2D eigenvalue weighted by atomic mass is 9.62. The molecular formula is C28H29F3N4O3. The molecule has 1 fully saturated rings. The normalized spacial score (nSPS) is 22.0. The first-order valence-corrected chi connectivity index (χ1v) is 12.3. The summed E-state index contributed by atoms with van der Waals surface area (Å²) in [7, 11) is 1.34. The number of nitrogens with one attached hydrogen (secondary N) is 1. The highest BCUT2D eigenvalue weighted by molar-refractivity contribution is 5.78. The number of ether oxygens (including phenoxy) is 2. The van der Waals surface area contributed by atoms with Crippen LogP contribution in [0.4, 0.5) is 13.2 Å². The maximum Gasteiger partial charge on any atom is 0.573 e. The molecular weight excluding hydrogens is 497 g/mol. The van der Waals surface area contributed by atoms with Crippen LogP contribution in [0.15, 0.2) is 61.1 Å². The molecule has 2 heterocycles. The molecule has 0 aliphatic carbocycles. The summed E-state index contributed by atoms with van der Waals surface area (Å²) >= 11 is 0. The Balaban J connectivity index is 1.71. The number of halogens is 3. The van der Waals surface area contributed by atoms with E-state index in [4.69, 9.17) is 4.74 Å². The average molecular weight is 527 g/mol. The van der Waals surface area contributed by atoms with Crippen molar-refractivity contribution in [3.8, 4) is 11.8 Å². The molecule has 0 amide bonds. The third-order valence-corrected chi connectivity index (χ3v) is 7.42. The smallest absolute Gasteiger partial charge is 0.469 e. The number of nitriles is 1. The van der Waals surface area contributed by atoms with Crippen molar-refractivity contribution in [2.24, 2.45) is 11.3 Å². The maximum atomic E-state index is 13.6. The number of rotatable bonds is 8. The van der Waals surface area contributed by atoms with Crippen molar-refractivity contribution in [2.75, 3.05) is 13.7 Å². The van der Waals surface area contributed by atoms with Gasteiger partial charge in [-0.1, -0.05) is 24.3 Å². The summed E-state index contributed by atoms with van der Waals surface area (Å²) in [4.78, 5) is 23.1. The number of benzene rings is 2. The van der Waals surface area contributed by atoms with E-state index in [9.17, 15) is 23.2 Å². The van der Waals surface area contributed by atoms with Crippen molar-refractivity contribution in [1.82, 2.24) is 14.9 Å². The number of nitrogens with zero attached hydrogens (tertiary/aromatic N) is 3. The number of carbonyl (C=O) groups is 1. The van der Waals surface area contributed by atoms with E-state index in [0.29, 0.717) is 37.1 Å². The van der Waals surface area contributed by atoms with E-state index in [1.807, 2.05) is 12.1 Å². The van der Waals surface area contributed by atoms with E-state index in [1.165, 1.54) is 25.3 Å². The van der Waals surface area contributed by atoms with E-state index < -0.39 is 17.7 Å². The minimum atomic E-state index is -4.82. The number of likely N-dealkylation sites (tertiary alicyclic amines) is 1. The summed E-state index contributed by atoms with van der Waals surface area (Å²) in [6.45, 7) is 3.25. The molecule has 2 aromatic carbocycles. The molecule has 10 heteroatoms. The van der Waals surface area contributed by atoms with Crippen LogP contribution in [0.3, 0.4) is 0 Å². The zero-order valence-electron chi connectivity index (χ0n) is 21.2. The van der Waals surface area contributed by atoms with Gasteiger partial charge in [-0.3, -0.25) is 9.69 Å². The van der Waals surface area contributed by atoms with Gasteiger partial charge in [-0.25, -0.2) is 4.98 Å². The number of piperidine rings is 1. The number of alkyl halides is 3. The molecule has 38 heavy (non-hydrogen) atoms. The maximum absolute atomic E-state index is 13.6. The molecule has 1 saturated heterocycles. The second-order valence-corrected chi connectivity index (χ2v) is 9.68. The van der Waals surface area contributed by atoms with E-state index >= 15 is 0 Å². The van der Waals surface area contributed by atoms with Crippen LogP contribution in [-0.2, 0) is 28.9 Å². The molecule has 200 valence electrons. The van der Waals surface area contributed by atoms with Crippen LogP contribution in [0.5, 0.6) is 5.75 Å². The van der Waals surface area contributed by atoms with E-state index in [2.05, 4.69) is 32.6 Å². The lowest BCUT2D eigenvalue weighted by Gasteiger charge is -2.50. The molecule has 0 bridgehead atoms. The summed E-state index contributed by atoms with van der Waals surface area (Å²) in [6, 6.07) is 15.0. The molecule has 0 spiro atoms. The average Bonchev–Trinajstić information content (AvgIpc) is 3.40. The van der Waals surface area contributed by atoms with Gasteiger partial charge >= 0.3 is 12.3 Å². The molecule has 0 radical (unpaired) electrons. The van der Waals surface area contributed by atoms with Crippen molar-refractivity contribution in [2.45, 2.75) is 45.1 Å². The number of aromatic amines is 1. The predicted octanol–water partition coefficient (Wildman–Crippen LogP) is 5.04. The van der Waals surface area contributed by atoms with Gasteiger partial charge in [-0.05, 0) is 74.0 Å². The van der Waals surface area contributed by atoms with Gasteiger partial charge in [0.15, 0.2) is 0 Å². The van der Waals surface area contributed by atoms with Crippen LogP contribution in [0.2, 0.25) is 0 Å². The first-order chi connectivity index (χ1) is 18.1. The Hall–Kier alpha value is -3.84. The Morgan fingerprint density at radius 3 is 2.63 bits per heavy atom. The van der Waals surface area contributed by atoms with Crippen molar-refractivity contribution in [3.63, 3.8) is 0 Å². The summed E-state index contributed by atoms with van der Waals surface area (Å²) in [5, 5.41) is 9.19. The van der Waals surface area contributed by atoms with Crippen LogP contribution in [0.25, 0.3) is 0 Å². The lowest BCUT2D eigenvalue weighted by molar-refractivity contribution is -0.274. The number of hydrogen-bond donors (Lipinski definition) is 1. The Labute approximate surface area is 219 Å². The van der Waals surface area contributed by atoms with E-state index in [1.54, 1.807) is 30.7 Å². The first kappa shape index (κ1) is 27.2. The molecule has 3 atom stereocenters. The minimum Gasteiger partial charge on any atom is -0.469 e. The molecule has 7 nitrogen and oxygen atoms in total. The van der Waals surface area contributed by atoms with Crippen molar-refractivity contribution < 1.29 is 27.4 Å². The Kier molecular flexibility index (Phi) is 8.07. The highest BCUT2D eigenvalue weighted by Crippen LogP contribution is 2.46. The van der Waals surface area contributed by atoms with Gasteiger partial charge in [-0.15, -0.1) is 13.2 Å². The fourth-order valence-corrected chi connectivity index (χ4v) is 5.56. The van der Waals surface area contributed by atoms with Crippen LogP contribution in [0, 0.1) is 22.7 Å². The predicted molar refractivity (Wildman–Crippen MR) is 133 cm³/mol. The second-order valence-electron chi connectivity index (χ2n) is 9.68. The summed E-state index contributed by atoms with van der Waals surface area (Å²) in [5.74, 6) is -0.971. The second kappa shape index (κ2) is 11.3. The summed E-state index contributed by atoms with van der Waals surface area (Å²) in [5.41, 5.74) is 1.98. The molecule has 1 aromatic heterocycles. The van der Waals surface area contributed by atoms with Crippen LogP contribution in [0.1, 0.15) is 35.7 Å². The molecule has 0 saturated carbocycles. The third-order valence-electron chi connectivity index (χ3n) is 7.42. The van der Waals surface area contributed by atoms with Crippen LogP contribution >= 0.6 is 0 Å². The van der Waals surface area contributed by atoms with E-state index in [-0.39, 0.29) is 24.1 Å². The highest BCUT2D eigenvalue weighted by atomic mass is 19.4. The van der Waals surface area contributed by atoms with E-state index in [0.717, 1.165) is 11.3 Å². The topological polar surface area (TPSA) is 91.2 Å². The van der Waals surface area contributed by atoms with Crippen molar-refractivity contribution >= 4 is 5.97 Å². The Morgan fingerprint density at radius 2 is 2.00 bits per heavy atom. The number of esters is 1. The molecule has 3 aromatic rings. The standard InChI is InChI=1S/C28H29F3N4O3/c1-19-25(13-20-6-8-21(15-32)9-7-20)27(26(36)37-2,10-11-35(19)17-23-16-33-18-34-23)14-22-4-3-5-24(12-22)38-28(29,30)31/h3-9,12,16,18-19,25H,10-11,13-14,17H2,1-2H3,(H,33,34). The van der Waals surface area contributed by atoms with Gasteiger partial charge in [0.25, 0.3) is 0 Å². The number of aromatic nitrogens is 2. The van der Waals surface area contributed by atoms with Crippen molar-refractivity contribution in [3.05, 3.63) is 83.4 Å². The van der Waals surface area contributed by atoms with Crippen molar-refractivity contribution in [1.29, 1.82) is 5.26 Å². The quantitative estimate of drug-likeness (QED) is 0.414. The molecule has 1 aliphatic heterocycles. The van der Waals surface area contributed by atoms with Crippen LogP contribution < -0.4 is 4.74 Å². The Bertz CT molecular complexity index is 1270. The fourth-order valence-electron chi connectivity index (χ4n) is 5.56. The first-order valence-electron chi connectivity index (χ1n) is 12.3. The van der Waals surface area contributed by atoms with Gasteiger partial charge in [0.1, 0.15) is 5.75 Å². The number of hydrogen-bond acceptors (Lipinski definition) is 6. The molecule has 3 unspecified atom stereocenters. The SMILES string of the molecule is COC(=O)C1(Cc2cccc(OC(F)(F)F)c2)CCN(Cc2cnc[nH]2)C(C)C1Cc1ccc(C#N)cc1. The Morgan fingerprint density at radius 1 is 1.24 bits per heavy atom. The summed E-state index contributed by atoms with van der Waals surface area (Å²) < 4.78 is 48.1. The van der Waals surface area contributed by atoms with Gasteiger partial charge < -0.3 is 14.5 Å². The van der Waals surface area contributed by atoms with Gasteiger partial charge in [-0.2, -0.15) is 5.26 Å². The third kappa shape index (κ3) is 6.17. The highest BCUT2D eigenvalue weighted by Gasteiger charge is 2.52. The number of imidazole rings is 1. The van der Waals surface area contributed by atoms with Gasteiger partial charge in [0.05, 0.1) is 30.5 Å². The van der Waals surface area contributed by atoms with Gasteiger partial charge in [0, 0.05) is 24.5 Å². The van der Waals surface area contributed by atoms with Crippen LogP contribution in [-0.4, -0.2) is 46.9 Å². The zero-order chi connectivity index (χ0) is 27.3. The molecule has 1 aliphatic rings. The molecule has 1 N–H and O–H groups in total. The van der Waals surface area contributed by atoms with Gasteiger partial charge in [0.2, 0.25) is 0 Å². The fraction of sp³-hybridized carbons (Fsp3) is 0.393. The number of H-pyrrole nitrogens is 1. The minimum absolute atomic E-state index is 0.0867. The number of methoxy groups -OCH3 is 1. The number of carbonyl (C=O) groups excluding carboxylic acids is 1. The summed E-state index contributed by atoms with van der Waals surface area (Å²) in [6.07, 6.45) is -0.283. The monoisotopic (exact) mass is 526 g/mol. The largest absolute Gasteiger partial charge is 0.573 e. The zero-order valence-corrected chi connectivity index (χ0v) is 21.2.